The maximum atomic E-state index is 13.1. The molecule has 0 unspecified atom stereocenters. The standard InChI is InChI=1S/C11H12FN3/c1-8(2)10-4-3-9(12)7-11(10)15-13-5-6-14-15/h3-8H,1-2H3. The van der Waals surface area contributed by atoms with Crippen LogP contribution in [0, 0.1) is 5.82 Å². The van der Waals surface area contributed by atoms with Gasteiger partial charge in [0, 0.05) is 6.07 Å². The van der Waals surface area contributed by atoms with E-state index in [1.54, 1.807) is 18.5 Å². The van der Waals surface area contributed by atoms with Gasteiger partial charge in [0.1, 0.15) is 5.82 Å². The van der Waals surface area contributed by atoms with Crippen molar-refractivity contribution in [3.05, 3.63) is 42.0 Å². The summed E-state index contributed by atoms with van der Waals surface area (Å²) in [5, 5.41) is 8.02. The number of rotatable bonds is 2. The molecule has 0 amide bonds. The van der Waals surface area contributed by atoms with E-state index in [0.29, 0.717) is 11.6 Å². The van der Waals surface area contributed by atoms with Crippen molar-refractivity contribution in [3.8, 4) is 5.69 Å². The molecular weight excluding hydrogens is 193 g/mol. The van der Waals surface area contributed by atoms with E-state index < -0.39 is 0 Å². The molecule has 0 aliphatic rings. The predicted molar refractivity (Wildman–Crippen MR) is 55.4 cm³/mol. The maximum absolute atomic E-state index is 13.1. The summed E-state index contributed by atoms with van der Waals surface area (Å²) in [5.41, 5.74) is 1.74. The third-order valence-corrected chi connectivity index (χ3v) is 2.25. The van der Waals surface area contributed by atoms with Gasteiger partial charge in [-0.2, -0.15) is 15.0 Å². The van der Waals surface area contributed by atoms with Crippen molar-refractivity contribution >= 4 is 0 Å². The maximum Gasteiger partial charge on any atom is 0.125 e. The SMILES string of the molecule is CC(C)c1ccc(F)cc1-n1nccn1. The minimum Gasteiger partial charge on any atom is -0.207 e. The quantitative estimate of drug-likeness (QED) is 0.754. The molecule has 0 aliphatic heterocycles. The Hall–Kier alpha value is -1.71. The summed E-state index contributed by atoms with van der Waals surface area (Å²) in [5.74, 6) is 0.0401. The Morgan fingerprint density at radius 1 is 1.20 bits per heavy atom. The highest BCUT2D eigenvalue weighted by atomic mass is 19.1. The second-order valence-electron chi connectivity index (χ2n) is 3.68. The smallest absolute Gasteiger partial charge is 0.125 e. The Kier molecular flexibility index (Phi) is 2.49. The molecule has 2 aromatic rings. The van der Waals surface area contributed by atoms with Crippen LogP contribution >= 0.6 is 0 Å². The fraction of sp³-hybridized carbons (Fsp3) is 0.273. The highest BCUT2D eigenvalue weighted by molar-refractivity contribution is 5.41. The zero-order valence-electron chi connectivity index (χ0n) is 8.68. The topological polar surface area (TPSA) is 30.7 Å². The predicted octanol–water partition coefficient (Wildman–Crippen LogP) is 2.53. The first kappa shape index (κ1) is 9.83. The molecule has 1 aromatic carbocycles. The molecule has 1 aromatic heterocycles. The van der Waals surface area contributed by atoms with Gasteiger partial charge >= 0.3 is 0 Å². The first-order valence-corrected chi connectivity index (χ1v) is 4.84. The largest absolute Gasteiger partial charge is 0.207 e. The molecule has 0 radical (unpaired) electrons. The van der Waals surface area contributed by atoms with Crippen molar-refractivity contribution in [3.63, 3.8) is 0 Å². The van der Waals surface area contributed by atoms with Gasteiger partial charge < -0.3 is 0 Å². The Morgan fingerprint density at radius 2 is 1.87 bits per heavy atom. The van der Waals surface area contributed by atoms with E-state index in [2.05, 4.69) is 24.0 Å². The first-order chi connectivity index (χ1) is 7.18. The molecule has 1 heterocycles. The van der Waals surface area contributed by atoms with Crippen LogP contribution in [-0.4, -0.2) is 15.0 Å². The summed E-state index contributed by atoms with van der Waals surface area (Å²) in [6.07, 6.45) is 3.16. The number of benzene rings is 1. The van der Waals surface area contributed by atoms with Crippen LogP contribution in [0.25, 0.3) is 5.69 Å². The molecule has 15 heavy (non-hydrogen) atoms. The molecular formula is C11H12FN3. The fourth-order valence-corrected chi connectivity index (χ4v) is 1.52. The lowest BCUT2D eigenvalue weighted by Crippen LogP contribution is -2.04. The second-order valence-corrected chi connectivity index (χ2v) is 3.68. The minimum absolute atomic E-state index is 0.272. The third kappa shape index (κ3) is 1.88. The van der Waals surface area contributed by atoms with E-state index in [0.717, 1.165) is 5.56 Å². The van der Waals surface area contributed by atoms with E-state index in [9.17, 15) is 4.39 Å². The van der Waals surface area contributed by atoms with Crippen LogP contribution in [0.15, 0.2) is 30.6 Å². The molecule has 0 bridgehead atoms. The van der Waals surface area contributed by atoms with Crippen molar-refractivity contribution in [2.45, 2.75) is 19.8 Å². The summed E-state index contributed by atoms with van der Waals surface area (Å²) in [4.78, 5) is 1.44. The van der Waals surface area contributed by atoms with Gasteiger partial charge in [-0.15, -0.1) is 0 Å². The summed E-state index contributed by atoms with van der Waals surface area (Å²) in [6, 6.07) is 4.69. The molecule has 2 rings (SSSR count). The average molecular weight is 205 g/mol. The molecule has 0 N–H and O–H groups in total. The van der Waals surface area contributed by atoms with Crippen LogP contribution in [0.5, 0.6) is 0 Å². The van der Waals surface area contributed by atoms with Crippen LogP contribution < -0.4 is 0 Å². The molecule has 0 spiro atoms. The van der Waals surface area contributed by atoms with Gasteiger partial charge in [0.2, 0.25) is 0 Å². The number of hydrogen-bond donors (Lipinski definition) is 0. The van der Waals surface area contributed by atoms with Crippen LogP contribution in [0.1, 0.15) is 25.3 Å². The molecule has 0 atom stereocenters. The van der Waals surface area contributed by atoms with Gasteiger partial charge in [-0.3, -0.25) is 0 Å². The minimum atomic E-state index is -0.272. The van der Waals surface area contributed by atoms with Gasteiger partial charge in [0.25, 0.3) is 0 Å². The number of hydrogen-bond acceptors (Lipinski definition) is 2. The molecule has 0 saturated heterocycles. The summed E-state index contributed by atoms with van der Waals surface area (Å²) in [6.45, 7) is 4.11. The Bertz CT molecular complexity index is 449. The van der Waals surface area contributed by atoms with Crippen LogP contribution in [-0.2, 0) is 0 Å². The monoisotopic (exact) mass is 205 g/mol. The van der Waals surface area contributed by atoms with E-state index in [-0.39, 0.29) is 5.82 Å². The van der Waals surface area contributed by atoms with Gasteiger partial charge in [-0.05, 0) is 17.5 Å². The fourth-order valence-electron chi connectivity index (χ4n) is 1.52. The van der Waals surface area contributed by atoms with Crippen LogP contribution in [0.4, 0.5) is 4.39 Å². The van der Waals surface area contributed by atoms with E-state index in [1.165, 1.54) is 16.9 Å². The lowest BCUT2D eigenvalue weighted by atomic mass is 10.0. The van der Waals surface area contributed by atoms with Gasteiger partial charge in [0.05, 0.1) is 18.1 Å². The molecule has 0 saturated carbocycles. The summed E-state index contributed by atoms with van der Waals surface area (Å²) in [7, 11) is 0. The zero-order valence-corrected chi connectivity index (χ0v) is 8.68. The third-order valence-electron chi connectivity index (χ3n) is 2.25. The van der Waals surface area contributed by atoms with E-state index >= 15 is 0 Å². The van der Waals surface area contributed by atoms with E-state index in [4.69, 9.17) is 0 Å². The normalized spacial score (nSPS) is 10.9. The molecule has 4 heteroatoms. The molecule has 3 nitrogen and oxygen atoms in total. The number of aromatic nitrogens is 3. The van der Waals surface area contributed by atoms with Crippen molar-refractivity contribution < 1.29 is 4.39 Å². The summed E-state index contributed by atoms with van der Waals surface area (Å²) < 4.78 is 13.1. The van der Waals surface area contributed by atoms with Gasteiger partial charge in [-0.1, -0.05) is 19.9 Å². The average Bonchev–Trinajstić information content (AvgIpc) is 2.69. The lowest BCUT2D eigenvalue weighted by Gasteiger charge is -2.11. The van der Waals surface area contributed by atoms with Crippen molar-refractivity contribution in [2.75, 3.05) is 0 Å². The molecule has 78 valence electrons. The van der Waals surface area contributed by atoms with Crippen LogP contribution in [0.2, 0.25) is 0 Å². The number of nitrogens with zero attached hydrogens (tertiary/aromatic N) is 3. The van der Waals surface area contributed by atoms with Crippen molar-refractivity contribution in [2.24, 2.45) is 0 Å². The summed E-state index contributed by atoms with van der Waals surface area (Å²) >= 11 is 0. The zero-order chi connectivity index (χ0) is 10.8. The van der Waals surface area contributed by atoms with Gasteiger partial charge in [-0.25, -0.2) is 4.39 Å². The Balaban J connectivity index is 2.58. The Morgan fingerprint density at radius 3 is 2.47 bits per heavy atom. The van der Waals surface area contributed by atoms with Crippen molar-refractivity contribution in [1.29, 1.82) is 0 Å². The first-order valence-electron chi connectivity index (χ1n) is 4.84. The second kappa shape index (κ2) is 3.81. The van der Waals surface area contributed by atoms with Gasteiger partial charge in [0.15, 0.2) is 0 Å². The van der Waals surface area contributed by atoms with Crippen LogP contribution in [0.3, 0.4) is 0 Å². The lowest BCUT2D eigenvalue weighted by molar-refractivity contribution is 0.619. The van der Waals surface area contributed by atoms with E-state index in [1.807, 2.05) is 0 Å². The number of halogens is 1. The highest BCUT2D eigenvalue weighted by Gasteiger charge is 2.10. The highest BCUT2D eigenvalue weighted by Crippen LogP contribution is 2.22. The Labute approximate surface area is 87.5 Å². The van der Waals surface area contributed by atoms with Crippen molar-refractivity contribution in [1.82, 2.24) is 15.0 Å². The molecule has 0 fully saturated rings. The molecule has 0 aliphatic carbocycles.